The number of quaternary nitrogens is 1. The molecule has 0 heterocycles. The third kappa shape index (κ3) is 6.23. The third-order valence-corrected chi connectivity index (χ3v) is 3.01. The van der Waals surface area contributed by atoms with Crippen molar-refractivity contribution in [2.24, 2.45) is 0 Å². The SMILES string of the molecule is C[N+](C)(C)c1ccc(C(=O)O)c(C#N)c1.O=S(=O)(O)C(F)(F)F. The molecule has 0 saturated heterocycles. The van der Waals surface area contributed by atoms with E-state index < -0.39 is 21.6 Å². The average molecular weight is 355 g/mol. The molecule has 0 aromatic heterocycles. The van der Waals surface area contributed by atoms with Gasteiger partial charge in [0, 0.05) is 12.1 Å². The molecule has 0 bridgehead atoms. The monoisotopic (exact) mass is 355 g/mol. The van der Waals surface area contributed by atoms with Gasteiger partial charge in [-0.1, -0.05) is 0 Å². The molecule has 0 aliphatic carbocycles. The Morgan fingerprint density at radius 3 is 1.96 bits per heavy atom. The Morgan fingerprint density at radius 1 is 1.26 bits per heavy atom. The Hall–Kier alpha value is -2.16. The fourth-order valence-corrected chi connectivity index (χ4v) is 1.23. The Balaban J connectivity index is 0.000000515. The van der Waals surface area contributed by atoms with Crippen LogP contribution in [0.1, 0.15) is 15.9 Å². The highest BCUT2D eigenvalue weighted by Gasteiger charge is 2.44. The number of nitrogens with zero attached hydrogens (tertiary/aromatic N) is 2. The van der Waals surface area contributed by atoms with Gasteiger partial charge in [0.15, 0.2) is 0 Å². The van der Waals surface area contributed by atoms with E-state index in [2.05, 4.69) is 0 Å². The maximum Gasteiger partial charge on any atom is 0.522 e. The molecule has 128 valence electrons. The van der Waals surface area contributed by atoms with Crippen LogP contribution in [0.4, 0.5) is 18.9 Å². The molecular formula is C12H14F3N2O5S+. The predicted octanol–water partition coefficient (Wildman–Crippen LogP) is 1.85. The summed E-state index contributed by atoms with van der Waals surface area (Å²) in [5, 5.41) is 17.7. The van der Waals surface area contributed by atoms with E-state index in [1.165, 1.54) is 6.07 Å². The molecule has 2 N–H and O–H groups in total. The first-order valence-electron chi connectivity index (χ1n) is 5.74. The zero-order valence-electron chi connectivity index (χ0n) is 12.3. The van der Waals surface area contributed by atoms with Gasteiger partial charge in [-0.25, -0.2) is 4.79 Å². The zero-order chi connectivity index (χ0) is 18.6. The highest BCUT2D eigenvalue weighted by molar-refractivity contribution is 7.86. The summed E-state index contributed by atoms with van der Waals surface area (Å²) in [5.74, 6) is -1.07. The van der Waals surface area contributed by atoms with Crippen LogP contribution in [0.25, 0.3) is 0 Å². The summed E-state index contributed by atoms with van der Waals surface area (Å²) in [7, 11) is 0.0256. The number of benzene rings is 1. The minimum absolute atomic E-state index is 0.0506. The summed E-state index contributed by atoms with van der Waals surface area (Å²) < 4.78 is 58.1. The summed E-state index contributed by atoms with van der Waals surface area (Å²) in [5.41, 5.74) is -4.38. The fourth-order valence-electron chi connectivity index (χ4n) is 1.23. The molecule has 1 rings (SSSR count). The molecule has 11 heteroatoms. The predicted molar refractivity (Wildman–Crippen MR) is 75.3 cm³/mol. The van der Waals surface area contributed by atoms with Crippen molar-refractivity contribution < 1.29 is 36.0 Å². The smallest absolute Gasteiger partial charge is 0.478 e. The van der Waals surface area contributed by atoms with E-state index in [-0.39, 0.29) is 11.1 Å². The van der Waals surface area contributed by atoms with E-state index in [1.807, 2.05) is 27.2 Å². The molecular weight excluding hydrogens is 341 g/mol. The van der Waals surface area contributed by atoms with E-state index in [1.54, 1.807) is 12.1 Å². The molecule has 23 heavy (non-hydrogen) atoms. The van der Waals surface area contributed by atoms with Gasteiger partial charge >= 0.3 is 21.6 Å². The highest BCUT2D eigenvalue weighted by atomic mass is 32.2. The van der Waals surface area contributed by atoms with Gasteiger partial charge < -0.3 is 5.11 Å². The Kier molecular flexibility index (Phi) is 6.29. The minimum Gasteiger partial charge on any atom is -0.478 e. The number of aromatic carboxylic acids is 1. The summed E-state index contributed by atoms with van der Waals surface area (Å²) in [6.07, 6.45) is 0. The van der Waals surface area contributed by atoms with Crippen LogP contribution in [-0.2, 0) is 10.1 Å². The fraction of sp³-hybridized carbons (Fsp3) is 0.333. The first-order valence-corrected chi connectivity index (χ1v) is 7.18. The number of hydrogen-bond donors (Lipinski definition) is 2. The molecule has 0 saturated carbocycles. The zero-order valence-corrected chi connectivity index (χ0v) is 13.1. The van der Waals surface area contributed by atoms with Crippen molar-refractivity contribution in [1.29, 1.82) is 5.26 Å². The molecule has 1 aromatic rings. The van der Waals surface area contributed by atoms with Crippen LogP contribution in [0.15, 0.2) is 18.2 Å². The van der Waals surface area contributed by atoms with E-state index in [4.69, 9.17) is 23.3 Å². The van der Waals surface area contributed by atoms with Gasteiger partial charge in [-0.15, -0.1) is 0 Å². The van der Waals surface area contributed by atoms with E-state index >= 15 is 0 Å². The van der Waals surface area contributed by atoms with Gasteiger partial charge in [0.2, 0.25) is 0 Å². The second-order valence-corrected chi connectivity index (χ2v) is 6.49. The summed E-state index contributed by atoms with van der Waals surface area (Å²) in [6, 6.07) is 6.71. The number of carboxylic acid groups (broad SMARTS) is 1. The normalized spacial score (nSPS) is 11.9. The van der Waals surface area contributed by atoms with Crippen LogP contribution in [0.5, 0.6) is 0 Å². The molecule has 0 aliphatic rings. The molecule has 0 amide bonds. The number of rotatable bonds is 2. The van der Waals surface area contributed by atoms with Crippen LogP contribution < -0.4 is 4.48 Å². The molecule has 0 unspecified atom stereocenters. The van der Waals surface area contributed by atoms with Gasteiger partial charge in [-0.2, -0.15) is 26.9 Å². The number of hydrogen-bond acceptors (Lipinski definition) is 4. The number of carbonyl (C=O) groups is 1. The molecule has 1 aromatic carbocycles. The molecule has 0 aliphatic heterocycles. The van der Waals surface area contributed by atoms with Crippen molar-refractivity contribution in [3.8, 4) is 6.07 Å². The summed E-state index contributed by atoms with van der Waals surface area (Å²) >= 11 is 0. The lowest BCUT2D eigenvalue weighted by molar-refractivity contribution is -0.0510. The maximum absolute atomic E-state index is 10.8. The molecule has 0 fully saturated rings. The second-order valence-electron chi connectivity index (χ2n) is 5.08. The van der Waals surface area contributed by atoms with Crippen molar-refractivity contribution in [3.05, 3.63) is 29.3 Å². The van der Waals surface area contributed by atoms with Gasteiger partial charge in [-0.3, -0.25) is 9.04 Å². The van der Waals surface area contributed by atoms with Gasteiger partial charge in [0.1, 0.15) is 11.8 Å². The lowest BCUT2D eigenvalue weighted by Gasteiger charge is -2.23. The minimum atomic E-state index is -5.84. The lowest BCUT2D eigenvalue weighted by Crippen LogP contribution is -2.34. The Labute approximate surface area is 130 Å². The van der Waals surface area contributed by atoms with E-state index in [0.29, 0.717) is 4.48 Å². The third-order valence-electron chi connectivity index (χ3n) is 2.42. The van der Waals surface area contributed by atoms with Crippen LogP contribution >= 0.6 is 0 Å². The maximum atomic E-state index is 10.8. The molecule has 0 radical (unpaired) electrons. The number of nitriles is 1. The highest BCUT2D eigenvalue weighted by Crippen LogP contribution is 2.21. The van der Waals surface area contributed by atoms with E-state index in [9.17, 15) is 18.0 Å². The molecule has 7 nitrogen and oxygen atoms in total. The first kappa shape index (κ1) is 20.8. The largest absolute Gasteiger partial charge is 0.522 e. The first-order chi connectivity index (χ1) is 10.1. The summed E-state index contributed by atoms with van der Waals surface area (Å²) in [6.45, 7) is 0. The topological polar surface area (TPSA) is 115 Å². The van der Waals surface area contributed by atoms with Crippen molar-refractivity contribution in [1.82, 2.24) is 4.48 Å². The van der Waals surface area contributed by atoms with Crippen molar-refractivity contribution in [2.75, 3.05) is 21.1 Å². The van der Waals surface area contributed by atoms with Crippen LogP contribution in [0.3, 0.4) is 0 Å². The number of halogens is 3. The number of alkyl halides is 3. The van der Waals surface area contributed by atoms with Crippen LogP contribution in [0.2, 0.25) is 0 Å². The van der Waals surface area contributed by atoms with Gasteiger partial charge in [-0.05, 0) is 6.07 Å². The van der Waals surface area contributed by atoms with Crippen molar-refractivity contribution in [2.45, 2.75) is 5.51 Å². The molecule has 0 atom stereocenters. The van der Waals surface area contributed by atoms with Crippen molar-refractivity contribution >= 4 is 21.8 Å². The lowest BCUT2D eigenvalue weighted by atomic mass is 10.1. The number of carboxylic acids is 1. The summed E-state index contributed by atoms with van der Waals surface area (Å²) in [4.78, 5) is 10.8. The molecule has 0 spiro atoms. The second kappa shape index (κ2) is 6.95. The Bertz CT molecular complexity index is 731. The quantitative estimate of drug-likeness (QED) is 0.475. The average Bonchev–Trinajstić information content (AvgIpc) is 2.35. The van der Waals surface area contributed by atoms with E-state index in [0.717, 1.165) is 5.69 Å². The van der Waals surface area contributed by atoms with Crippen LogP contribution in [0, 0.1) is 11.3 Å². The Morgan fingerprint density at radius 2 is 1.70 bits per heavy atom. The standard InChI is InChI=1S/C11H12N2O2.CHF3O3S/c1-13(2,3)9-4-5-10(11(14)15)8(6-9)7-12;2-1(3,4)8(5,6)7/h4-6H,1-3H3;(H,5,6,7)/p+1. The van der Waals surface area contributed by atoms with Gasteiger partial charge in [0.25, 0.3) is 0 Å². The van der Waals surface area contributed by atoms with Crippen LogP contribution in [-0.4, -0.2) is 50.7 Å². The van der Waals surface area contributed by atoms with Gasteiger partial charge in [0.05, 0.1) is 32.3 Å². The van der Waals surface area contributed by atoms with Crippen molar-refractivity contribution in [3.63, 3.8) is 0 Å².